The molecule has 1 heterocycles. The minimum atomic E-state index is 0.305. The van der Waals surface area contributed by atoms with Crippen LogP contribution in [0.15, 0.2) is 18.2 Å². The first-order valence-corrected chi connectivity index (χ1v) is 7.96. The van der Waals surface area contributed by atoms with Gasteiger partial charge >= 0.3 is 0 Å². The van der Waals surface area contributed by atoms with Crippen molar-refractivity contribution >= 4 is 0 Å². The number of morpholine rings is 1. The van der Waals surface area contributed by atoms with E-state index >= 15 is 0 Å². The molecule has 21 heavy (non-hydrogen) atoms. The fourth-order valence-electron chi connectivity index (χ4n) is 3.38. The average molecular weight is 290 g/mol. The number of ether oxygens (including phenoxy) is 2. The van der Waals surface area contributed by atoms with Gasteiger partial charge < -0.3 is 19.7 Å². The van der Waals surface area contributed by atoms with Crippen molar-refractivity contribution in [1.82, 2.24) is 10.2 Å². The van der Waals surface area contributed by atoms with Crippen molar-refractivity contribution < 1.29 is 9.47 Å². The van der Waals surface area contributed by atoms with Gasteiger partial charge in [0.2, 0.25) is 0 Å². The van der Waals surface area contributed by atoms with Crippen LogP contribution in [-0.2, 0) is 11.2 Å². The van der Waals surface area contributed by atoms with Gasteiger partial charge in [-0.15, -0.1) is 0 Å². The van der Waals surface area contributed by atoms with Gasteiger partial charge in [-0.05, 0) is 49.6 Å². The number of rotatable bonds is 4. The van der Waals surface area contributed by atoms with E-state index in [0.717, 1.165) is 32.0 Å². The first-order valence-electron chi connectivity index (χ1n) is 7.96. The molecule has 0 aromatic heterocycles. The number of aryl methyl sites for hydroxylation is 1. The minimum Gasteiger partial charge on any atom is -0.497 e. The minimum absolute atomic E-state index is 0.305. The lowest BCUT2D eigenvalue weighted by Gasteiger charge is -2.33. The van der Waals surface area contributed by atoms with Crippen molar-refractivity contribution in [2.45, 2.75) is 31.4 Å². The molecule has 2 aliphatic rings. The maximum Gasteiger partial charge on any atom is 0.119 e. The summed E-state index contributed by atoms with van der Waals surface area (Å²) >= 11 is 0. The Morgan fingerprint density at radius 2 is 2.33 bits per heavy atom. The van der Waals surface area contributed by atoms with Gasteiger partial charge in [-0.1, -0.05) is 6.07 Å². The Labute approximate surface area is 127 Å². The summed E-state index contributed by atoms with van der Waals surface area (Å²) in [6.45, 7) is 3.83. The van der Waals surface area contributed by atoms with Gasteiger partial charge in [-0.25, -0.2) is 0 Å². The van der Waals surface area contributed by atoms with Gasteiger partial charge in [-0.3, -0.25) is 0 Å². The molecular formula is C17H26N2O2. The van der Waals surface area contributed by atoms with E-state index in [1.807, 2.05) is 0 Å². The summed E-state index contributed by atoms with van der Waals surface area (Å²) in [6.07, 6.45) is 3.94. The standard InChI is InChI=1S/C17H26N2O2/c1-19-8-9-21-15(12-19)11-18-17-5-3-4-13-6-7-14(20-2)10-16(13)17/h6-7,10,15,17-18H,3-5,8-9,11-12H2,1-2H3. The van der Waals surface area contributed by atoms with E-state index in [0.29, 0.717) is 12.1 Å². The highest BCUT2D eigenvalue weighted by atomic mass is 16.5. The van der Waals surface area contributed by atoms with Crippen LogP contribution in [0.2, 0.25) is 0 Å². The zero-order chi connectivity index (χ0) is 14.7. The number of hydrogen-bond donors (Lipinski definition) is 1. The summed E-state index contributed by atoms with van der Waals surface area (Å²) < 4.78 is 11.2. The summed E-state index contributed by atoms with van der Waals surface area (Å²) in [5.41, 5.74) is 2.87. The molecule has 2 unspecified atom stereocenters. The monoisotopic (exact) mass is 290 g/mol. The van der Waals surface area contributed by atoms with Gasteiger partial charge in [0.1, 0.15) is 5.75 Å². The van der Waals surface area contributed by atoms with Crippen LogP contribution in [0.25, 0.3) is 0 Å². The lowest BCUT2D eigenvalue weighted by atomic mass is 9.87. The van der Waals surface area contributed by atoms with Crippen LogP contribution in [-0.4, -0.2) is 51.4 Å². The van der Waals surface area contributed by atoms with Gasteiger partial charge in [0, 0.05) is 25.7 Å². The first-order chi connectivity index (χ1) is 10.3. The zero-order valence-corrected chi connectivity index (χ0v) is 13.1. The molecule has 116 valence electrons. The van der Waals surface area contributed by atoms with E-state index in [2.05, 4.69) is 35.5 Å². The molecule has 2 atom stereocenters. The van der Waals surface area contributed by atoms with E-state index in [4.69, 9.17) is 9.47 Å². The Morgan fingerprint density at radius 1 is 1.43 bits per heavy atom. The van der Waals surface area contributed by atoms with E-state index in [9.17, 15) is 0 Å². The highest BCUT2D eigenvalue weighted by Gasteiger charge is 2.23. The molecule has 3 rings (SSSR count). The topological polar surface area (TPSA) is 33.7 Å². The molecule has 1 aliphatic carbocycles. The summed E-state index contributed by atoms with van der Waals surface area (Å²) in [5, 5.41) is 3.71. The van der Waals surface area contributed by atoms with E-state index in [1.165, 1.54) is 30.4 Å². The molecule has 4 nitrogen and oxygen atoms in total. The zero-order valence-electron chi connectivity index (χ0n) is 13.1. The smallest absolute Gasteiger partial charge is 0.119 e. The molecule has 1 N–H and O–H groups in total. The lowest BCUT2D eigenvalue weighted by molar-refractivity contribution is -0.0195. The van der Waals surface area contributed by atoms with Crippen LogP contribution in [0.3, 0.4) is 0 Å². The molecule has 0 amide bonds. The third-order valence-corrected chi connectivity index (χ3v) is 4.60. The number of nitrogens with zero attached hydrogens (tertiary/aromatic N) is 1. The molecule has 0 spiro atoms. The van der Waals surface area contributed by atoms with Crippen LogP contribution < -0.4 is 10.1 Å². The summed E-state index contributed by atoms with van der Waals surface area (Å²) in [5.74, 6) is 0.955. The van der Waals surface area contributed by atoms with Gasteiger partial charge in [0.25, 0.3) is 0 Å². The summed E-state index contributed by atoms with van der Waals surface area (Å²) in [6, 6.07) is 6.91. The Kier molecular flexibility index (Phi) is 4.78. The Balaban J connectivity index is 1.64. The van der Waals surface area contributed by atoms with Crippen molar-refractivity contribution in [2.24, 2.45) is 0 Å². The maximum absolute atomic E-state index is 5.84. The van der Waals surface area contributed by atoms with Crippen LogP contribution >= 0.6 is 0 Å². The van der Waals surface area contributed by atoms with E-state index < -0.39 is 0 Å². The molecule has 1 fully saturated rings. The summed E-state index contributed by atoms with van der Waals surface area (Å²) in [4.78, 5) is 2.34. The fraction of sp³-hybridized carbons (Fsp3) is 0.647. The predicted molar refractivity (Wildman–Crippen MR) is 83.9 cm³/mol. The molecule has 0 saturated carbocycles. The number of benzene rings is 1. The number of hydrogen-bond acceptors (Lipinski definition) is 4. The van der Waals surface area contributed by atoms with Crippen LogP contribution in [0, 0.1) is 0 Å². The summed E-state index contributed by atoms with van der Waals surface area (Å²) in [7, 11) is 3.90. The molecule has 1 aromatic rings. The third kappa shape index (κ3) is 3.57. The van der Waals surface area contributed by atoms with Crippen LogP contribution in [0.1, 0.15) is 30.0 Å². The predicted octanol–water partition coefficient (Wildman–Crippen LogP) is 1.99. The highest BCUT2D eigenvalue weighted by molar-refractivity contribution is 5.39. The third-order valence-electron chi connectivity index (χ3n) is 4.60. The molecule has 1 saturated heterocycles. The van der Waals surface area contributed by atoms with Crippen molar-refractivity contribution in [2.75, 3.05) is 40.4 Å². The van der Waals surface area contributed by atoms with Crippen molar-refractivity contribution in [1.29, 1.82) is 0 Å². The van der Waals surface area contributed by atoms with Crippen LogP contribution in [0.5, 0.6) is 5.75 Å². The number of likely N-dealkylation sites (N-methyl/N-ethyl adjacent to an activating group) is 1. The molecule has 1 aromatic carbocycles. The van der Waals surface area contributed by atoms with Crippen LogP contribution in [0.4, 0.5) is 0 Å². The number of nitrogens with one attached hydrogen (secondary N) is 1. The van der Waals surface area contributed by atoms with Crippen molar-refractivity contribution in [3.05, 3.63) is 29.3 Å². The molecule has 0 bridgehead atoms. The SMILES string of the molecule is COc1ccc2c(c1)C(NCC1CN(C)CCO1)CCC2. The first kappa shape index (κ1) is 14.8. The van der Waals surface area contributed by atoms with Gasteiger partial charge in [0.15, 0.2) is 0 Å². The quantitative estimate of drug-likeness (QED) is 0.919. The normalized spacial score (nSPS) is 26.4. The maximum atomic E-state index is 5.84. The Hall–Kier alpha value is -1.10. The molecule has 0 radical (unpaired) electrons. The second-order valence-corrected chi connectivity index (χ2v) is 6.17. The Bertz CT molecular complexity index is 478. The van der Waals surface area contributed by atoms with E-state index in [-0.39, 0.29) is 0 Å². The van der Waals surface area contributed by atoms with Crippen molar-refractivity contribution in [3.63, 3.8) is 0 Å². The fourth-order valence-corrected chi connectivity index (χ4v) is 3.38. The second kappa shape index (κ2) is 6.77. The largest absolute Gasteiger partial charge is 0.497 e. The second-order valence-electron chi connectivity index (χ2n) is 6.17. The average Bonchev–Trinajstić information content (AvgIpc) is 2.52. The van der Waals surface area contributed by atoms with Gasteiger partial charge in [0.05, 0.1) is 19.8 Å². The highest BCUT2D eigenvalue weighted by Crippen LogP contribution is 2.32. The number of methoxy groups -OCH3 is 1. The lowest BCUT2D eigenvalue weighted by Crippen LogP contribution is -2.45. The molecule has 1 aliphatic heterocycles. The van der Waals surface area contributed by atoms with Gasteiger partial charge in [-0.2, -0.15) is 0 Å². The number of fused-ring (bicyclic) bond motifs is 1. The molecule has 4 heteroatoms. The van der Waals surface area contributed by atoms with E-state index in [1.54, 1.807) is 7.11 Å². The Morgan fingerprint density at radius 3 is 3.14 bits per heavy atom. The van der Waals surface area contributed by atoms with Crippen molar-refractivity contribution in [3.8, 4) is 5.75 Å². The molecular weight excluding hydrogens is 264 g/mol.